The molecule has 4 heteroatoms. The van der Waals surface area contributed by atoms with Crippen LogP contribution >= 0.6 is 0 Å². The van der Waals surface area contributed by atoms with Gasteiger partial charge in [0, 0.05) is 30.6 Å². The lowest BCUT2D eigenvalue weighted by atomic mass is 9.44. The molecule has 8 unspecified atom stereocenters. The highest BCUT2D eigenvalue weighted by Crippen LogP contribution is 2.66. The molecule has 0 aromatic carbocycles. The van der Waals surface area contributed by atoms with Gasteiger partial charge in [0.05, 0.1) is 0 Å². The molecule has 4 saturated carbocycles. The van der Waals surface area contributed by atoms with Gasteiger partial charge in [-0.3, -0.25) is 14.4 Å². The predicted octanol–water partition coefficient (Wildman–Crippen LogP) is 4.89. The minimum atomic E-state index is -0.764. The average Bonchev–Trinajstić information content (AvgIpc) is 3.00. The zero-order chi connectivity index (χ0) is 20.3. The summed E-state index contributed by atoms with van der Waals surface area (Å²) in [7, 11) is 0. The molecule has 0 radical (unpaired) electrons. The molecular formula is C24H36O4. The van der Waals surface area contributed by atoms with Crippen molar-refractivity contribution in [2.75, 3.05) is 0 Å². The van der Waals surface area contributed by atoms with E-state index in [4.69, 9.17) is 5.11 Å². The van der Waals surface area contributed by atoms with Crippen LogP contribution in [0.2, 0.25) is 0 Å². The minimum Gasteiger partial charge on any atom is -0.481 e. The molecule has 8 atom stereocenters. The number of aliphatic carboxylic acids is 1. The van der Waals surface area contributed by atoms with Gasteiger partial charge in [-0.25, -0.2) is 0 Å². The van der Waals surface area contributed by atoms with Gasteiger partial charge in [-0.2, -0.15) is 0 Å². The first kappa shape index (κ1) is 20.1. The van der Waals surface area contributed by atoms with Crippen LogP contribution in [0.1, 0.15) is 85.0 Å². The molecule has 0 spiro atoms. The molecule has 0 bridgehead atoms. The van der Waals surface area contributed by atoms with Gasteiger partial charge < -0.3 is 5.11 Å². The molecule has 4 fully saturated rings. The van der Waals surface area contributed by atoms with E-state index in [0.717, 1.165) is 25.7 Å². The monoisotopic (exact) mass is 388 g/mol. The second-order valence-electron chi connectivity index (χ2n) is 10.9. The van der Waals surface area contributed by atoms with Gasteiger partial charge >= 0.3 is 5.97 Å². The number of carbonyl (C=O) groups excluding carboxylic acids is 2. The number of ketones is 2. The lowest BCUT2D eigenvalue weighted by molar-refractivity contribution is -0.165. The van der Waals surface area contributed by atoms with Crippen molar-refractivity contribution < 1.29 is 19.5 Å². The van der Waals surface area contributed by atoms with Crippen LogP contribution < -0.4 is 0 Å². The topological polar surface area (TPSA) is 71.4 Å². The van der Waals surface area contributed by atoms with Crippen molar-refractivity contribution >= 4 is 17.5 Å². The standard InChI is InChI=1S/C24H36O4/c1-14(7-10-21(27)28)16-8-9-17-22-18(13-20(26)24(16,17)3)23(2)11-5-4-6-15(23)12-19(22)25/h14-18,22H,4-13H2,1-3H3,(H,27,28). The number of hydrogen-bond acceptors (Lipinski definition) is 3. The van der Waals surface area contributed by atoms with E-state index in [1.54, 1.807) is 0 Å². The zero-order valence-electron chi connectivity index (χ0n) is 17.7. The molecular weight excluding hydrogens is 352 g/mol. The summed E-state index contributed by atoms with van der Waals surface area (Å²) in [5, 5.41) is 9.07. The van der Waals surface area contributed by atoms with E-state index in [1.807, 2.05) is 0 Å². The smallest absolute Gasteiger partial charge is 0.303 e. The third-order valence-corrected chi connectivity index (χ3v) is 9.82. The maximum atomic E-state index is 13.6. The van der Waals surface area contributed by atoms with Crippen molar-refractivity contribution in [3.05, 3.63) is 0 Å². The Bertz CT molecular complexity index is 684. The van der Waals surface area contributed by atoms with E-state index in [-0.39, 0.29) is 41.4 Å². The van der Waals surface area contributed by atoms with E-state index in [0.29, 0.717) is 30.3 Å². The first-order valence-corrected chi connectivity index (χ1v) is 11.5. The van der Waals surface area contributed by atoms with E-state index < -0.39 is 11.4 Å². The SMILES string of the molecule is CC(CCC(=O)O)C1CCC2C3C(=O)CC4CCCCC4(C)C3CC(=O)C12C. The number of Topliss-reactive ketones (excluding diaryl/α,β-unsaturated/α-hetero) is 2. The summed E-state index contributed by atoms with van der Waals surface area (Å²) in [5.41, 5.74) is -0.284. The second kappa shape index (κ2) is 6.95. The van der Waals surface area contributed by atoms with Gasteiger partial charge in [-0.1, -0.05) is 33.6 Å². The fraction of sp³-hybridized carbons (Fsp3) is 0.875. The van der Waals surface area contributed by atoms with Crippen LogP contribution in [-0.2, 0) is 14.4 Å². The Labute approximate surface area is 168 Å². The van der Waals surface area contributed by atoms with Gasteiger partial charge in [-0.15, -0.1) is 0 Å². The molecule has 1 N–H and O–H groups in total. The molecule has 28 heavy (non-hydrogen) atoms. The molecule has 0 saturated heterocycles. The summed E-state index contributed by atoms with van der Waals surface area (Å²) in [6, 6.07) is 0. The summed E-state index contributed by atoms with van der Waals surface area (Å²) < 4.78 is 0. The third kappa shape index (κ3) is 2.81. The van der Waals surface area contributed by atoms with Crippen molar-refractivity contribution in [2.24, 2.45) is 46.3 Å². The van der Waals surface area contributed by atoms with E-state index in [1.165, 1.54) is 19.3 Å². The molecule has 0 heterocycles. The summed E-state index contributed by atoms with van der Waals surface area (Å²) in [5.74, 6) is 1.39. The maximum Gasteiger partial charge on any atom is 0.303 e. The van der Waals surface area contributed by atoms with E-state index in [2.05, 4.69) is 20.8 Å². The first-order chi connectivity index (χ1) is 13.2. The van der Waals surface area contributed by atoms with Crippen LogP contribution in [0.5, 0.6) is 0 Å². The number of carboxylic acid groups (broad SMARTS) is 1. The minimum absolute atomic E-state index is 0.0544. The van der Waals surface area contributed by atoms with Crippen molar-refractivity contribution in [3.63, 3.8) is 0 Å². The van der Waals surface area contributed by atoms with Crippen LogP contribution in [0, 0.1) is 46.3 Å². The van der Waals surface area contributed by atoms with E-state index in [9.17, 15) is 14.4 Å². The molecule has 0 aromatic heterocycles. The fourth-order valence-corrected chi connectivity index (χ4v) is 8.18. The summed E-state index contributed by atoms with van der Waals surface area (Å²) in [6.07, 6.45) is 8.77. The zero-order valence-corrected chi connectivity index (χ0v) is 17.7. The van der Waals surface area contributed by atoms with Crippen LogP contribution in [0.15, 0.2) is 0 Å². The van der Waals surface area contributed by atoms with Crippen LogP contribution in [0.4, 0.5) is 0 Å². The normalized spacial score (nSPS) is 46.5. The van der Waals surface area contributed by atoms with Crippen molar-refractivity contribution in [3.8, 4) is 0 Å². The number of hydrogen-bond donors (Lipinski definition) is 1. The number of rotatable bonds is 4. The van der Waals surface area contributed by atoms with Gasteiger partial charge in [0.1, 0.15) is 11.6 Å². The van der Waals surface area contributed by atoms with Crippen molar-refractivity contribution in [1.29, 1.82) is 0 Å². The third-order valence-electron chi connectivity index (χ3n) is 9.82. The quantitative estimate of drug-likeness (QED) is 0.744. The van der Waals surface area contributed by atoms with Gasteiger partial charge in [0.25, 0.3) is 0 Å². The van der Waals surface area contributed by atoms with Crippen LogP contribution in [-0.4, -0.2) is 22.6 Å². The number of carboxylic acids is 1. The molecule has 0 aliphatic heterocycles. The Hall–Kier alpha value is -1.19. The number of carbonyl (C=O) groups is 3. The maximum absolute atomic E-state index is 13.6. The molecule has 156 valence electrons. The lowest BCUT2D eigenvalue weighted by Gasteiger charge is -2.59. The Balaban J connectivity index is 1.63. The molecule has 4 aliphatic carbocycles. The fourth-order valence-electron chi connectivity index (χ4n) is 8.18. The second-order valence-corrected chi connectivity index (χ2v) is 10.9. The number of fused-ring (bicyclic) bond motifs is 5. The predicted molar refractivity (Wildman–Crippen MR) is 107 cm³/mol. The van der Waals surface area contributed by atoms with E-state index >= 15 is 0 Å². The lowest BCUT2D eigenvalue weighted by Crippen LogP contribution is -2.59. The summed E-state index contributed by atoms with van der Waals surface area (Å²) in [4.78, 5) is 38.0. The highest BCUT2D eigenvalue weighted by Gasteiger charge is 2.65. The van der Waals surface area contributed by atoms with Crippen molar-refractivity contribution in [1.82, 2.24) is 0 Å². The molecule has 0 amide bonds. The Morgan fingerprint density at radius 2 is 1.86 bits per heavy atom. The first-order valence-electron chi connectivity index (χ1n) is 11.5. The molecule has 0 aromatic rings. The summed E-state index contributed by atoms with van der Waals surface area (Å²) >= 11 is 0. The molecule has 4 rings (SSSR count). The van der Waals surface area contributed by atoms with Crippen LogP contribution in [0.25, 0.3) is 0 Å². The highest BCUT2D eigenvalue weighted by molar-refractivity contribution is 5.92. The average molecular weight is 389 g/mol. The summed E-state index contributed by atoms with van der Waals surface area (Å²) in [6.45, 7) is 6.61. The van der Waals surface area contributed by atoms with Crippen LogP contribution in [0.3, 0.4) is 0 Å². The Morgan fingerprint density at radius 1 is 1.11 bits per heavy atom. The molecule has 4 aliphatic rings. The van der Waals surface area contributed by atoms with Crippen molar-refractivity contribution in [2.45, 2.75) is 85.0 Å². The Kier molecular flexibility index (Phi) is 4.99. The highest BCUT2D eigenvalue weighted by atomic mass is 16.4. The van der Waals surface area contributed by atoms with Gasteiger partial charge in [0.2, 0.25) is 0 Å². The molecule has 4 nitrogen and oxygen atoms in total. The largest absolute Gasteiger partial charge is 0.481 e. The van der Waals surface area contributed by atoms with Gasteiger partial charge in [0.15, 0.2) is 0 Å². The Morgan fingerprint density at radius 3 is 2.57 bits per heavy atom. The van der Waals surface area contributed by atoms with Gasteiger partial charge in [-0.05, 0) is 67.1 Å².